The first-order chi connectivity index (χ1) is 9.69. The number of nitrogens with zero attached hydrogens (tertiary/aromatic N) is 1. The summed E-state index contributed by atoms with van der Waals surface area (Å²) in [4.78, 5) is 2.66. The van der Waals surface area contributed by atoms with Crippen molar-refractivity contribution in [1.29, 1.82) is 0 Å². The predicted molar refractivity (Wildman–Crippen MR) is 87.2 cm³/mol. The van der Waals surface area contributed by atoms with Crippen molar-refractivity contribution < 1.29 is 4.74 Å². The molecule has 1 saturated heterocycles. The number of nitrogens with one attached hydrogen (secondary N) is 1. The Balaban J connectivity index is 2.60. The van der Waals surface area contributed by atoms with Gasteiger partial charge < -0.3 is 15.0 Å². The van der Waals surface area contributed by atoms with Gasteiger partial charge in [-0.15, -0.1) is 0 Å². The first kappa shape index (κ1) is 17.9. The second-order valence-electron chi connectivity index (χ2n) is 6.45. The molecular formula is C17H36N2O. The summed E-state index contributed by atoms with van der Waals surface area (Å²) in [5, 5.41) is 3.56. The Morgan fingerprint density at radius 2 is 1.95 bits per heavy atom. The summed E-state index contributed by atoms with van der Waals surface area (Å²) in [5.41, 5.74) is 0.330. The standard InChI is InChI=1S/C17H36N2O/c1-5-16(6-2)12-19(8-4)14-17(13-18-7-3)10-9-11-20-15-17/h16,18H,5-15H2,1-4H3. The lowest BCUT2D eigenvalue weighted by molar-refractivity contribution is -0.0274. The molecule has 0 bridgehead atoms. The molecule has 1 unspecified atom stereocenters. The van der Waals surface area contributed by atoms with Crippen LogP contribution < -0.4 is 5.32 Å². The minimum Gasteiger partial charge on any atom is -0.381 e. The maximum absolute atomic E-state index is 5.82. The van der Waals surface area contributed by atoms with Crippen LogP contribution in [0.2, 0.25) is 0 Å². The second kappa shape index (κ2) is 9.75. The molecule has 0 aromatic rings. The average molecular weight is 284 g/mol. The van der Waals surface area contributed by atoms with Crippen LogP contribution in [-0.2, 0) is 4.74 Å². The van der Waals surface area contributed by atoms with Gasteiger partial charge in [-0.05, 0) is 31.8 Å². The van der Waals surface area contributed by atoms with Gasteiger partial charge in [0, 0.05) is 31.7 Å². The van der Waals surface area contributed by atoms with Crippen molar-refractivity contribution in [2.45, 2.75) is 53.4 Å². The molecule has 0 saturated carbocycles. The molecule has 1 fully saturated rings. The SMILES string of the molecule is CCNCC1(CN(CC)CC(CC)CC)CCCOC1. The highest BCUT2D eigenvalue weighted by Crippen LogP contribution is 2.29. The van der Waals surface area contributed by atoms with Crippen molar-refractivity contribution in [3.63, 3.8) is 0 Å². The molecule has 0 aromatic heterocycles. The monoisotopic (exact) mass is 284 g/mol. The fraction of sp³-hybridized carbons (Fsp3) is 1.00. The van der Waals surface area contributed by atoms with Gasteiger partial charge in [0.2, 0.25) is 0 Å². The molecule has 1 aliphatic rings. The maximum atomic E-state index is 5.82. The zero-order valence-electron chi connectivity index (χ0n) is 14.2. The molecule has 0 aromatic carbocycles. The van der Waals surface area contributed by atoms with Gasteiger partial charge in [0.05, 0.1) is 6.61 Å². The molecule has 1 rings (SSSR count). The molecule has 0 amide bonds. The molecule has 0 aliphatic carbocycles. The summed E-state index contributed by atoms with van der Waals surface area (Å²) < 4.78 is 5.82. The van der Waals surface area contributed by atoms with E-state index < -0.39 is 0 Å². The van der Waals surface area contributed by atoms with Crippen LogP contribution >= 0.6 is 0 Å². The van der Waals surface area contributed by atoms with E-state index >= 15 is 0 Å². The van der Waals surface area contributed by atoms with E-state index in [9.17, 15) is 0 Å². The Kier molecular flexibility index (Phi) is 8.74. The van der Waals surface area contributed by atoms with Crippen molar-refractivity contribution in [3.05, 3.63) is 0 Å². The number of ether oxygens (including phenoxy) is 1. The third-order valence-corrected chi connectivity index (χ3v) is 4.83. The van der Waals surface area contributed by atoms with Crippen molar-refractivity contribution in [1.82, 2.24) is 10.2 Å². The Morgan fingerprint density at radius 3 is 2.45 bits per heavy atom. The quantitative estimate of drug-likeness (QED) is 0.667. The summed E-state index contributed by atoms with van der Waals surface area (Å²) in [6.07, 6.45) is 5.11. The van der Waals surface area contributed by atoms with Gasteiger partial charge >= 0.3 is 0 Å². The molecule has 3 nitrogen and oxygen atoms in total. The molecule has 3 heteroatoms. The van der Waals surface area contributed by atoms with Crippen LogP contribution in [0.1, 0.15) is 53.4 Å². The fourth-order valence-electron chi connectivity index (χ4n) is 3.31. The van der Waals surface area contributed by atoms with E-state index in [4.69, 9.17) is 4.74 Å². The first-order valence-corrected chi connectivity index (χ1v) is 8.70. The Morgan fingerprint density at radius 1 is 1.20 bits per heavy atom. The van der Waals surface area contributed by atoms with Crippen LogP contribution in [0.25, 0.3) is 0 Å². The summed E-state index contributed by atoms with van der Waals surface area (Å²) in [6, 6.07) is 0. The second-order valence-corrected chi connectivity index (χ2v) is 6.45. The highest BCUT2D eigenvalue weighted by atomic mass is 16.5. The summed E-state index contributed by atoms with van der Waals surface area (Å²) in [7, 11) is 0. The van der Waals surface area contributed by atoms with Crippen LogP contribution in [-0.4, -0.2) is 50.8 Å². The summed E-state index contributed by atoms with van der Waals surface area (Å²) in [5.74, 6) is 0.843. The van der Waals surface area contributed by atoms with Gasteiger partial charge in [0.15, 0.2) is 0 Å². The van der Waals surface area contributed by atoms with Gasteiger partial charge in [0.1, 0.15) is 0 Å². The number of rotatable bonds is 10. The lowest BCUT2D eigenvalue weighted by Gasteiger charge is -2.41. The first-order valence-electron chi connectivity index (χ1n) is 8.70. The summed E-state index contributed by atoms with van der Waals surface area (Å²) in [6.45, 7) is 16.8. The van der Waals surface area contributed by atoms with E-state index in [0.29, 0.717) is 5.41 Å². The van der Waals surface area contributed by atoms with Gasteiger partial charge in [-0.25, -0.2) is 0 Å². The van der Waals surface area contributed by atoms with Gasteiger partial charge in [-0.1, -0.05) is 40.5 Å². The van der Waals surface area contributed by atoms with Crippen LogP contribution in [0.3, 0.4) is 0 Å². The highest BCUT2D eigenvalue weighted by Gasteiger charge is 2.34. The molecular weight excluding hydrogens is 248 g/mol. The molecule has 1 atom stereocenters. The van der Waals surface area contributed by atoms with Crippen molar-refractivity contribution >= 4 is 0 Å². The molecule has 0 radical (unpaired) electrons. The zero-order valence-corrected chi connectivity index (χ0v) is 14.2. The predicted octanol–water partition coefficient (Wildman–Crippen LogP) is 3.15. The van der Waals surface area contributed by atoms with Gasteiger partial charge in [-0.2, -0.15) is 0 Å². The number of hydrogen-bond donors (Lipinski definition) is 1. The smallest absolute Gasteiger partial charge is 0.0546 e. The zero-order chi connectivity index (χ0) is 14.8. The number of hydrogen-bond acceptors (Lipinski definition) is 3. The Bertz CT molecular complexity index is 235. The third-order valence-electron chi connectivity index (χ3n) is 4.83. The Labute approximate surface area is 126 Å². The maximum Gasteiger partial charge on any atom is 0.0546 e. The van der Waals surface area contributed by atoms with Gasteiger partial charge in [-0.3, -0.25) is 0 Å². The average Bonchev–Trinajstić information content (AvgIpc) is 2.50. The van der Waals surface area contributed by atoms with Crippen LogP contribution in [0.15, 0.2) is 0 Å². The minimum absolute atomic E-state index is 0.330. The lowest BCUT2D eigenvalue weighted by Crippen LogP contribution is -2.49. The van der Waals surface area contributed by atoms with E-state index in [-0.39, 0.29) is 0 Å². The Hall–Kier alpha value is -0.120. The summed E-state index contributed by atoms with van der Waals surface area (Å²) >= 11 is 0. The molecule has 120 valence electrons. The molecule has 1 N–H and O–H groups in total. The van der Waals surface area contributed by atoms with E-state index in [1.165, 1.54) is 38.8 Å². The fourth-order valence-corrected chi connectivity index (χ4v) is 3.31. The van der Waals surface area contributed by atoms with Crippen LogP contribution in [0, 0.1) is 11.3 Å². The lowest BCUT2D eigenvalue weighted by atomic mass is 9.81. The third kappa shape index (κ3) is 5.71. The van der Waals surface area contributed by atoms with Crippen LogP contribution in [0.4, 0.5) is 0 Å². The van der Waals surface area contributed by atoms with Gasteiger partial charge in [0.25, 0.3) is 0 Å². The largest absolute Gasteiger partial charge is 0.381 e. The van der Waals surface area contributed by atoms with Crippen molar-refractivity contribution in [2.24, 2.45) is 11.3 Å². The highest BCUT2D eigenvalue weighted by molar-refractivity contribution is 4.87. The molecule has 20 heavy (non-hydrogen) atoms. The van der Waals surface area contributed by atoms with Crippen molar-refractivity contribution in [2.75, 3.05) is 45.9 Å². The normalized spacial score (nSPS) is 23.7. The van der Waals surface area contributed by atoms with E-state index in [0.717, 1.165) is 38.8 Å². The molecule has 0 spiro atoms. The van der Waals surface area contributed by atoms with Crippen LogP contribution in [0.5, 0.6) is 0 Å². The minimum atomic E-state index is 0.330. The molecule has 1 aliphatic heterocycles. The van der Waals surface area contributed by atoms with E-state index in [1.807, 2.05) is 0 Å². The molecule has 1 heterocycles. The topological polar surface area (TPSA) is 24.5 Å². The van der Waals surface area contributed by atoms with Crippen molar-refractivity contribution in [3.8, 4) is 0 Å². The van der Waals surface area contributed by atoms with E-state index in [2.05, 4.69) is 37.9 Å². The van der Waals surface area contributed by atoms with E-state index in [1.54, 1.807) is 0 Å².